The topological polar surface area (TPSA) is 36.7 Å². The van der Waals surface area contributed by atoms with Gasteiger partial charge in [0.2, 0.25) is 0 Å². The van der Waals surface area contributed by atoms with Crippen LogP contribution in [0.4, 0.5) is 0 Å². The summed E-state index contributed by atoms with van der Waals surface area (Å²) >= 11 is 0. The van der Waals surface area contributed by atoms with Gasteiger partial charge in [-0.05, 0) is 38.1 Å². The van der Waals surface area contributed by atoms with Crippen molar-refractivity contribution < 1.29 is 0 Å². The Morgan fingerprint density at radius 2 is 1.75 bits per heavy atom. The lowest BCUT2D eigenvalue weighted by Crippen LogP contribution is -1.88. The number of aryl methyl sites for hydroxylation is 2. The number of aromatic nitrogens is 1. The molecular formula is C14H12N2. The molecule has 0 radical (unpaired) electrons. The summed E-state index contributed by atoms with van der Waals surface area (Å²) in [5.74, 6) is 0. The van der Waals surface area contributed by atoms with Crippen molar-refractivity contribution in [1.29, 1.82) is 5.26 Å². The number of pyridine rings is 1. The Hall–Kier alpha value is -2.14. The minimum Gasteiger partial charge on any atom is -0.237 e. The van der Waals surface area contributed by atoms with Crippen LogP contribution in [-0.2, 0) is 0 Å². The van der Waals surface area contributed by atoms with Crippen molar-refractivity contribution in [3.8, 4) is 17.3 Å². The zero-order valence-corrected chi connectivity index (χ0v) is 9.36. The maximum atomic E-state index is 8.81. The van der Waals surface area contributed by atoms with E-state index < -0.39 is 0 Å². The number of rotatable bonds is 1. The van der Waals surface area contributed by atoms with Crippen molar-refractivity contribution in [2.45, 2.75) is 13.8 Å². The van der Waals surface area contributed by atoms with E-state index in [1.54, 1.807) is 6.07 Å². The Kier molecular flexibility index (Phi) is 2.70. The quantitative estimate of drug-likeness (QED) is 0.721. The summed E-state index contributed by atoms with van der Waals surface area (Å²) < 4.78 is 0. The van der Waals surface area contributed by atoms with E-state index in [2.05, 4.69) is 43.1 Å². The highest BCUT2D eigenvalue weighted by atomic mass is 14.7. The van der Waals surface area contributed by atoms with Gasteiger partial charge >= 0.3 is 0 Å². The van der Waals surface area contributed by atoms with Crippen LogP contribution in [0.2, 0.25) is 0 Å². The van der Waals surface area contributed by atoms with E-state index in [1.165, 1.54) is 11.1 Å². The molecule has 1 aromatic heterocycles. The summed E-state index contributed by atoms with van der Waals surface area (Å²) in [6, 6.07) is 13.8. The molecule has 0 saturated heterocycles. The summed E-state index contributed by atoms with van der Waals surface area (Å²) in [5.41, 5.74) is 4.79. The average Bonchev–Trinajstić information content (AvgIpc) is 2.28. The van der Waals surface area contributed by atoms with E-state index in [0.717, 1.165) is 11.3 Å². The summed E-state index contributed by atoms with van der Waals surface area (Å²) in [5, 5.41) is 8.81. The van der Waals surface area contributed by atoms with E-state index in [-0.39, 0.29) is 0 Å². The zero-order chi connectivity index (χ0) is 11.5. The van der Waals surface area contributed by atoms with Crippen molar-refractivity contribution >= 4 is 0 Å². The van der Waals surface area contributed by atoms with Gasteiger partial charge in [0.15, 0.2) is 0 Å². The number of hydrogen-bond donors (Lipinski definition) is 0. The third-order valence-electron chi connectivity index (χ3n) is 2.38. The molecule has 0 aliphatic heterocycles. The molecule has 0 N–H and O–H groups in total. The van der Waals surface area contributed by atoms with Gasteiger partial charge in [-0.25, -0.2) is 4.98 Å². The fraction of sp³-hybridized carbons (Fsp3) is 0.143. The maximum Gasteiger partial charge on any atom is 0.141 e. The first-order valence-electron chi connectivity index (χ1n) is 5.15. The fourth-order valence-electron chi connectivity index (χ4n) is 1.78. The fourth-order valence-corrected chi connectivity index (χ4v) is 1.78. The predicted molar refractivity (Wildman–Crippen MR) is 63.9 cm³/mol. The van der Waals surface area contributed by atoms with Crippen LogP contribution in [0.15, 0.2) is 36.4 Å². The van der Waals surface area contributed by atoms with Gasteiger partial charge in [0, 0.05) is 5.56 Å². The molecule has 0 bridgehead atoms. The normalized spacial score (nSPS) is 9.81. The molecule has 0 spiro atoms. The maximum absolute atomic E-state index is 8.81. The van der Waals surface area contributed by atoms with E-state index in [9.17, 15) is 0 Å². The summed E-state index contributed by atoms with van der Waals surface area (Å²) in [4.78, 5) is 4.28. The van der Waals surface area contributed by atoms with Crippen LogP contribution in [0.5, 0.6) is 0 Å². The first kappa shape index (κ1) is 10.4. The van der Waals surface area contributed by atoms with Crippen LogP contribution in [0.3, 0.4) is 0 Å². The standard InChI is InChI=1S/C14H12N2/c1-10-6-11(2)8-12(7-10)14-5-3-4-13(9-15)16-14/h3-8H,1-2H3. The molecule has 1 heterocycles. The largest absolute Gasteiger partial charge is 0.237 e. The van der Waals surface area contributed by atoms with Crippen LogP contribution in [0.1, 0.15) is 16.8 Å². The summed E-state index contributed by atoms with van der Waals surface area (Å²) in [6.07, 6.45) is 0. The van der Waals surface area contributed by atoms with E-state index in [0.29, 0.717) is 5.69 Å². The molecule has 2 aromatic rings. The second-order valence-corrected chi connectivity index (χ2v) is 3.90. The van der Waals surface area contributed by atoms with Gasteiger partial charge in [0.25, 0.3) is 0 Å². The molecule has 0 unspecified atom stereocenters. The third kappa shape index (κ3) is 2.09. The van der Waals surface area contributed by atoms with Gasteiger partial charge in [-0.15, -0.1) is 0 Å². The van der Waals surface area contributed by atoms with Crippen molar-refractivity contribution in [2.24, 2.45) is 0 Å². The first-order chi connectivity index (χ1) is 7.69. The lowest BCUT2D eigenvalue weighted by molar-refractivity contribution is 1.26. The van der Waals surface area contributed by atoms with E-state index >= 15 is 0 Å². The predicted octanol–water partition coefficient (Wildman–Crippen LogP) is 3.24. The Labute approximate surface area is 95.2 Å². The number of benzene rings is 1. The van der Waals surface area contributed by atoms with Crippen LogP contribution in [0.25, 0.3) is 11.3 Å². The van der Waals surface area contributed by atoms with Crippen molar-refractivity contribution in [1.82, 2.24) is 4.98 Å². The van der Waals surface area contributed by atoms with E-state index in [4.69, 9.17) is 5.26 Å². The van der Waals surface area contributed by atoms with E-state index in [1.807, 2.05) is 12.1 Å². The molecule has 2 rings (SSSR count). The van der Waals surface area contributed by atoms with Gasteiger partial charge in [0.1, 0.15) is 11.8 Å². The molecule has 0 saturated carbocycles. The lowest BCUT2D eigenvalue weighted by Gasteiger charge is -2.04. The molecular weight excluding hydrogens is 196 g/mol. The zero-order valence-electron chi connectivity index (χ0n) is 9.36. The monoisotopic (exact) mass is 208 g/mol. The van der Waals surface area contributed by atoms with Crippen LogP contribution in [0, 0.1) is 25.2 Å². The molecule has 0 atom stereocenters. The molecule has 1 aromatic carbocycles. The Balaban J connectivity index is 2.54. The third-order valence-corrected chi connectivity index (χ3v) is 2.38. The molecule has 0 fully saturated rings. The van der Waals surface area contributed by atoms with Crippen LogP contribution >= 0.6 is 0 Å². The molecule has 2 heteroatoms. The first-order valence-corrected chi connectivity index (χ1v) is 5.15. The smallest absolute Gasteiger partial charge is 0.141 e. The second-order valence-electron chi connectivity index (χ2n) is 3.90. The number of nitriles is 1. The average molecular weight is 208 g/mol. The van der Waals surface area contributed by atoms with Crippen LogP contribution in [-0.4, -0.2) is 4.98 Å². The van der Waals surface area contributed by atoms with Gasteiger partial charge in [-0.2, -0.15) is 5.26 Å². The number of hydrogen-bond acceptors (Lipinski definition) is 2. The summed E-state index contributed by atoms with van der Waals surface area (Å²) in [7, 11) is 0. The van der Waals surface area contributed by atoms with Crippen molar-refractivity contribution in [3.63, 3.8) is 0 Å². The second kappa shape index (κ2) is 4.16. The Morgan fingerprint density at radius 1 is 1.06 bits per heavy atom. The Bertz CT molecular complexity index is 545. The molecule has 0 amide bonds. The molecule has 0 aliphatic rings. The highest BCUT2D eigenvalue weighted by molar-refractivity contribution is 5.61. The lowest BCUT2D eigenvalue weighted by atomic mass is 10.0. The van der Waals surface area contributed by atoms with Crippen molar-refractivity contribution in [2.75, 3.05) is 0 Å². The van der Waals surface area contributed by atoms with Crippen molar-refractivity contribution in [3.05, 3.63) is 53.2 Å². The highest BCUT2D eigenvalue weighted by Gasteiger charge is 2.02. The highest BCUT2D eigenvalue weighted by Crippen LogP contribution is 2.20. The molecule has 78 valence electrons. The minimum atomic E-state index is 0.455. The summed E-state index contributed by atoms with van der Waals surface area (Å²) in [6.45, 7) is 4.12. The van der Waals surface area contributed by atoms with Gasteiger partial charge in [-0.1, -0.05) is 23.3 Å². The van der Waals surface area contributed by atoms with Gasteiger partial charge < -0.3 is 0 Å². The SMILES string of the molecule is Cc1cc(C)cc(-c2cccc(C#N)n2)c1. The molecule has 2 nitrogen and oxygen atoms in total. The Morgan fingerprint density at radius 3 is 2.38 bits per heavy atom. The molecule has 0 aliphatic carbocycles. The minimum absolute atomic E-state index is 0.455. The molecule has 16 heavy (non-hydrogen) atoms. The van der Waals surface area contributed by atoms with Gasteiger partial charge in [0.05, 0.1) is 5.69 Å². The van der Waals surface area contributed by atoms with Crippen LogP contribution < -0.4 is 0 Å². The van der Waals surface area contributed by atoms with Gasteiger partial charge in [-0.3, -0.25) is 0 Å². The number of nitrogens with zero attached hydrogens (tertiary/aromatic N) is 2.